The van der Waals surface area contributed by atoms with Gasteiger partial charge in [0.25, 0.3) is 0 Å². The second kappa shape index (κ2) is 9.04. The predicted molar refractivity (Wildman–Crippen MR) is 123 cm³/mol. The smallest absolute Gasteiger partial charge is 0.405 e. The summed E-state index contributed by atoms with van der Waals surface area (Å²) in [7, 11) is 1.45. The Morgan fingerprint density at radius 1 is 0.974 bits per heavy atom. The van der Waals surface area contributed by atoms with E-state index in [1.54, 1.807) is 24.3 Å². The number of alkyl halides is 6. The Labute approximate surface area is 209 Å². The SMILES string of the molecule is Cn1cc(C(F)(F)F)nc1-c1ccc(Cn2c(=O)[nH]c3cnc(-c4ccccc4OC(F)(F)F)nc32)cc1. The van der Waals surface area contributed by atoms with Crippen LogP contribution in [0.4, 0.5) is 26.3 Å². The lowest BCUT2D eigenvalue weighted by Gasteiger charge is -2.12. The number of imidazole rings is 2. The molecule has 0 radical (unpaired) electrons. The Morgan fingerprint density at radius 2 is 1.68 bits per heavy atom. The summed E-state index contributed by atoms with van der Waals surface area (Å²) in [5, 5.41) is 0. The molecule has 0 aliphatic carbocycles. The first-order valence-electron chi connectivity index (χ1n) is 10.9. The summed E-state index contributed by atoms with van der Waals surface area (Å²) in [6.07, 6.45) is -7.33. The third kappa shape index (κ3) is 4.96. The maximum atomic E-state index is 13.0. The van der Waals surface area contributed by atoms with Crippen molar-refractivity contribution < 1.29 is 31.1 Å². The fraction of sp³-hybridized carbons (Fsp3) is 0.167. The Morgan fingerprint density at radius 3 is 2.34 bits per heavy atom. The molecule has 0 amide bonds. The number of rotatable bonds is 5. The van der Waals surface area contributed by atoms with Crippen LogP contribution in [0.25, 0.3) is 33.9 Å². The van der Waals surface area contributed by atoms with Gasteiger partial charge in [-0.05, 0) is 17.7 Å². The van der Waals surface area contributed by atoms with E-state index in [1.165, 1.54) is 40.6 Å². The number of aromatic amines is 1. The highest BCUT2D eigenvalue weighted by molar-refractivity contribution is 5.74. The van der Waals surface area contributed by atoms with Crippen molar-refractivity contribution in [1.82, 2.24) is 29.1 Å². The summed E-state index contributed by atoms with van der Waals surface area (Å²) >= 11 is 0. The van der Waals surface area contributed by atoms with Crippen LogP contribution < -0.4 is 10.4 Å². The number of halogens is 6. The van der Waals surface area contributed by atoms with E-state index in [0.29, 0.717) is 11.1 Å². The fourth-order valence-corrected chi connectivity index (χ4v) is 3.90. The van der Waals surface area contributed by atoms with Crippen LogP contribution >= 0.6 is 0 Å². The third-order valence-electron chi connectivity index (χ3n) is 5.58. The molecular weight excluding hydrogens is 518 g/mol. The van der Waals surface area contributed by atoms with E-state index in [1.807, 2.05) is 0 Å². The molecule has 0 atom stereocenters. The van der Waals surface area contributed by atoms with Crippen molar-refractivity contribution >= 4 is 11.2 Å². The molecule has 8 nitrogen and oxygen atoms in total. The number of aromatic nitrogens is 6. The van der Waals surface area contributed by atoms with E-state index in [4.69, 9.17) is 0 Å². The van der Waals surface area contributed by atoms with Gasteiger partial charge >= 0.3 is 18.2 Å². The lowest BCUT2D eigenvalue weighted by molar-refractivity contribution is -0.274. The molecule has 196 valence electrons. The zero-order valence-corrected chi connectivity index (χ0v) is 19.3. The molecule has 0 spiro atoms. The molecule has 38 heavy (non-hydrogen) atoms. The fourth-order valence-electron chi connectivity index (χ4n) is 3.90. The van der Waals surface area contributed by atoms with Crippen molar-refractivity contribution in [3.63, 3.8) is 0 Å². The first-order chi connectivity index (χ1) is 17.9. The minimum Gasteiger partial charge on any atom is -0.405 e. The minimum atomic E-state index is -4.92. The molecule has 5 aromatic rings. The standard InChI is InChI=1S/C24H16F6N6O2/c1-35-12-18(23(25,26)27)33-20(35)14-8-6-13(7-9-14)11-36-21-16(32-22(36)37)10-31-19(34-21)15-4-2-3-5-17(15)38-24(28,29)30/h2-10,12H,11H2,1H3,(H,32,37). The van der Waals surface area contributed by atoms with Crippen LogP contribution in [-0.2, 0) is 19.8 Å². The molecule has 0 saturated heterocycles. The van der Waals surface area contributed by atoms with Crippen LogP contribution in [0, 0.1) is 0 Å². The van der Waals surface area contributed by atoms with Gasteiger partial charge in [0.2, 0.25) is 0 Å². The number of nitrogens with zero attached hydrogens (tertiary/aromatic N) is 5. The normalized spacial score (nSPS) is 12.3. The number of H-pyrrole nitrogens is 1. The predicted octanol–water partition coefficient (Wildman–Crippen LogP) is 5.15. The van der Waals surface area contributed by atoms with Gasteiger partial charge in [-0.1, -0.05) is 36.4 Å². The van der Waals surface area contributed by atoms with Crippen LogP contribution in [0.3, 0.4) is 0 Å². The molecule has 0 aliphatic heterocycles. The number of aryl methyl sites for hydroxylation is 1. The Bertz CT molecular complexity index is 1680. The van der Waals surface area contributed by atoms with E-state index in [2.05, 4.69) is 24.7 Å². The van der Waals surface area contributed by atoms with Gasteiger partial charge in [-0.2, -0.15) is 13.2 Å². The highest BCUT2D eigenvalue weighted by Crippen LogP contribution is 2.33. The first-order valence-corrected chi connectivity index (χ1v) is 10.9. The van der Waals surface area contributed by atoms with Crippen molar-refractivity contribution in [1.29, 1.82) is 0 Å². The summed E-state index contributed by atoms with van der Waals surface area (Å²) < 4.78 is 84.1. The Balaban J connectivity index is 1.47. The van der Waals surface area contributed by atoms with Crippen LogP contribution in [0.2, 0.25) is 0 Å². The van der Waals surface area contributed by atoms with E-state index >= 15 is 0 Å². The molecule has 1 N–H and O–H groups in total. The lowest BCUT2D eigenvalue weighted by atomic mass is 10.1. The topological polar surface area (TPSA) is 90.6 Å². The summed E-state index contributed by atoms with van der Waals surface area (Å²) in [4.78, 5) is 27.3. The number of ether oxygens (including phenoxy) is 1. The number of benzene rings is 2. The molecule has 2 aromatic carbocycles. The van der Waals surface area contributed by atoms with Crippen LogP contribution in [0.15, 0.2) is 65.7 Å². The van der Waals surface area contributed by atoms with Crippen LogP contribution in [-0.4, -0.2) is 35.4 Å². The molecule has 3 aromatic heterocycles. The van der Waals surface area contributed by atoms with Crippen LogP contribution in [0.1, 0.15) is 11.3 Å². The monoisotopic (exact) mass is 534 g/mol. The first kappa shape index (κ1) is 25.0. The van der Waals surface area contributed by atoms with Gasteiger partial charge in [-0.25, -0.2) is 19.7 Å². The van der Waals surface area contributed by atoms with Gasteiger partial charge in [0, 0.05) is 18.8 Å². The average molecular weight is 534 g/mol. The van der Waals surface area contributed by atoms with E-state index in [9.17, 15) is 31.1 Å². The summed E-state index contributed by atoms with van der Waals surface area (Å²) in [5.41, 5.74) is -0.116. The number of fused-ring (bicyclic) bond motifs is 1. The largest absolute Gasteiger partial charge is 0.573 e. The third-order valence-corrected chi connectivity index (χ3v) is 5.58. The van der Waals surface area contributed by atoms with Crippen molar-refractivity contribution in [3.05, 3.63) is 82.7 Å². The second-order valence-corrected chi connectivity index (χ2v) is 8.25. The summed E-state index contributed by atoms with van der Waals surface area (Å²) in [5.74, 6) is -0.469. The van der Waals surface area contributed by atoms with Gasteiger partial charge in [0.05, 0.1) is 18.3 Å². The highest BCUT2D eigenvalue weighted by atomic mass is 19.4. The van der Waals surface area contributed by atoms with Gasteiger partial charge in [0.15, 0.2) is 17.2 Å². The van der Waals surface area contributed by atoms with Gasteiger partial charge in [-0.15, -0.1) is 13.2 Å². The number of hydrogen-bond donors (Lipinski definition) is 1. The van der Waals surface area contributed by atoms with Crippen LogP contribution in [0.5, 0.6) is 5.75 Å². The second-order valence-electron chi connectivity index (χ2n) is 8.25. The molecule has 3 heterocycles. The molecule has 0 bridgehead atoms. The van der Waals surface area contributed by atoms with E-state index in [-0.39, 0.29) is 34.9 Å². The van der Waals surface area contributed by atoms with Gasteiger partial charge in [0.1, 0.15) is 17.1 Å². The molecule has 0 aliphatic rings. The number of nitrogens with one attached hydrogen (secondary N) is 1. The van der Waals surface area contributed by atoms with Crippen molar-refractivity contribution in [2.75, 3.05) is 0 Å². The summed E-state index contributed by atoms with van der Waals surface area (Å²) in [6, 6.07) is 11.7. The molecule has 5 rings (SSSR count). The number of hydrogen-bond acceptors (Lipinski definition) is 5. The van der Waals surface area contributed by atoms with E-state index < -0.39 is 29.7 Å². The molecule has 0 unspecified atom stereocenters. The maximum absolute atomic E-state index is 13.0. The van der Waals surface area contributed by atoms with Crippen molar-refractivity contribution in [2.45, 2.75) is 19.1 Å². The average Bonchev–Trinajstić information content (AvgIpc) is 3.38. The van der Waals surface area contributed by atoms with Gasteiger partial charge in [-0.3, -0.25) is 4.57 Å². The Kier molecular flexibility index (Phi) is 5.96. The number of para-hydroxylation sites is 1. The van der Waals surface area contributed by atoms with Crippen molar-refractivity contribution in [3.8, 4) is 28.5 Å². The van der Waals surface area contributed by atoms with Crippen molar-refractivity contribution in [2.24, 2.45) is 7.05 Å². The van der Waals surface area contributed by atoms with E-state index in [0.717, 1.165) is 12.3 Å². The molecular formula is C24H16F6N6O2. The maximum Gasteiger partial charge on any atom is 0.573 e. The zero-order chi connectivity index (χ0) is 27.2. The zero-order valence-electron chi connectivity index (χ0n) is 19.3. The van der Waals surface area contributed by atoms with Gasteiger partial charge < -0.3 is 14.3 Å². The molecule has 0 saturated carbocycles. The minimum absolute atomic E-state index is 0.0185. The molecule has 14 heteroatoms. The summed E-state index contributed by atoms with van der Waals surface area (Å²) in [6.45, 7) is 0.0185. The molecule has 0 fully saturated rings. The lowest BCUT2D eigenvalue weighted by Crippen LogP contribution is -2.18. The highest BCUT2D eigenvalue weighted by Gasteiger charge is 2.34. The quantitative estimate of drug-likeness (QED) is 0.315. The Hall–Kier alpha value is -4.62.